The summed E-state index contributed by atoms with van der Waals surface area (Å²) in [5.74, 6) is -0.329. The third-order valence-electron chi connectivity index (χ3n) is 9.18. The monoisotopic (exact) mass is 612 g/mol. The van der Waals surface area contributed by atoms with Crippen LogP contribution in [0.3, 0.4) is 0 Å². The van der Waals surface area contributed by atoms with Crippen LogP contribution in [0.25, 0.3) is 0 Å². The number of aliphatic hydroxyl groups excluding tert-OH is 5. The summed E-state index contributed by atoms with van der Waals surface area (Å²) >= 11 is 0. The van der Waals surface area contributed by atoms with Crippen LogP contribution in [0.1, 0.15) is 155 Å². The summed E-state index contributed by atoms with van der Waals surface area (Å²) in [6.07, 6.45) is 17.9. The summed E-state index contributed by atoms with van der Waals surface area (Å²) in [6.45, 7) is 4.04. The Morgan fingerprint density at radius 2 is 1.28 bits per heavy atom. The number of hydrogen-bond donors (Lipinski definition) is 5. The molecule has 1 fully saturated rings. The van der Waals surface area contributed by atoms with Crippen molar-refractivity contribution in [1.82, 2.24) is 0 Å². The molecule has 8 atom stereocenters. The van der Waals surface area contributed by atoms with Crippen molar-refractivity contribution in [3.05, 3.63) is 11.6 Å². The van der Waals surface area contributed by atoms with E-state index in [-0.39, 0.29) is 24.3 Å². The molecule has 0 radical (unpaired) electrons. The number of hydrogen-bond acceptors (Lipinski definition) is 8. The van der Waals surface area contributed by atoms with Gasteiger partial charge in [0.25, 0.3) is 0 Å². The van der Waals surface area contributed by atoms with E-state index >= 15 is 0 Å². The van der Waals surface area contributed by atoms with E-state index in [4.69, 9.17) is 9.47 Å². The summed E-state index contributed by atoms with van der Waals surface area (Å²) in [4.78, 5) is 11.7. The molecule has 0 spiro atoms. The lowest BCUT2D eigenvalue weighted by molar-refractivity contribution is -0.139. The highest BCUT2D eigenvalue weighted by Crippen LogP contribution is 2.28. The average molecular weight is 613 g/mol. The van der Waals surface area contributed by atoms with Crippen LogP contribution in [0.5, 0.6) is 0 Å². The second kappa shape index (κ2) is 22.5. The largest absolute Gasteiger partial charge is 0.455 e. The maximum absolute atomic E-state index is 11.7. The molecule has 5 N–H and O–H groups in total. The number of ether oxygens (including phenoxy) is 2. The summed E-state index contributed by atoms with van der Waals surface area (Å²) in [5, 5.41) is 52.1. The van der Waals surface area contributed by atoms with Crippen LogP contribution in [-0.2, 0) is 14.3 Å². The number of cyclic esters (lactones) is 1. The quantitative estimate of drug-likeness (QED) is 0.0590. The lowest BCUT2D eigenvalue weighted by Gasteiger charge is -2.23. The summed E-state index contributed by atoms with van der Waals surface area (Å²) < 4.78 is 11.1. The smallest absolute Gasteiger partial charge is 0.334 e. The zero-order valence-corrected chi connectivity index (χ0v) is 27.2. The van der Waals surface area contributed by atoms with Crippen LogP contribution in [0, 0.1) is 0 Å². The van der Waals surface area contributed by atoms with Gasteiger partial charge in [-0.2, -0.15) is 0 Å². The topological polar surface area (TPSA) is 137 Å². The molecule has 0 aromatic heterocycles. The van der Waals surface area contributed by atoms with E-state index in [0.29, 0.717) is 50.5 Å². The standard InChI is InChI=1S/C35H64O8/c1-3-4-5-6-7-8-9-10-11-15-18-31(38)32(39)20-21-33(40)34-22-19-30(43-34)25-29(37)17-14-12-13-16-28(36)24-27-23-26(2)42-35(27)41/h23,26,28-34,36-40H,3-22,24-25H2,1-2H3/t26-,28+,29+,30+,31-,32-,33-,34-/m0/s1. The molecule has 8 nitrogen and oxygen atoms in total. The van der Waals surface area contributed by atoms with Gasteiger partial charge in [-0.25, -0.2) is 4.79 Å². The first-order valence-electron chi connectivity index (χ1n) is 17.7. The highest BCUT2D eigenvalue weighted by molar-refractivity contribution is 5.90. The molecular formula is C35H64O8. The van der Waals surface area contributed by atoms with E-state index in [0.717, 1.165) is 44.9 Å². The number of carbonyl (C=O) groups excluding carboxylic acids is 1. The fourth-order valence-corrected chi connectivity index (χ4v) is 6.44. The Kier molecular flexibility index (Phi) is 19.9. The molecule has 2 rings (SSSR count). The molecule has 0 aromatic carbocycles. The first-order valence-corrected chi connectivity index (χ1v) is 17.7. The Hall–Kier alpha value is -1.03. The molecule has 0 bridgehead atoms. The Balaban J connectivity index is 1.46. The lowest BCUT2D eigenvalue weighted by atomic mass is 9.97. The minimum atomic E-state index is -0.826. The van der Waals surface area contributed by atoms with Gasteiger partial charge in [0.2, 0.25) is 0 Å². The molecule has 2 heterocycles. The van der Waals surface area contributed by atoms with E-state index in [1.165, 1.54) is 51.4 Å². The van der Waals surface area contributed by atoms with Gasteiger partial charge in [-0.1, -0.05) is 90.4 Å². The van der Waals surface area contributed by atoms with Crippen molar-refractivity contribution in [1.29, 1.82) is 0 Å². The Bertz CT molecular complexity index is 758. The zero-order chi connectivity index (χ0) is 31.5. The molecule has 2 aliphatic rings. The van der Waals surface area contributed by atoms with Crippen molar-refractivity contribution < 1.29 is 39.8 Å². The van der Waals surface area contributed by atoms with Gasteiger partial charge in [0.05, 0.1) is 42.7 Å². The van der Waals surface area contributed by atoms with E-state index < -0.39 is 30.5 Å². The van der Waals surface area contributed by atoms with Crippen LogP contribution in [-0.4, -0.2) is 80.3 Å². The maximum atomic E-state index is 11.7. The first-order chi connectivity index (χ1) is 20.7. The van der Waals surface area contributed by atoms with Crippen LogP contribution in [0.15, 0.2) is 11.6 Å². The number of unbranched alkanes of at least 4 members (excludes halogenated alkanes) is 11. The van der Waals surface area contributed by atoms with Crippen LogP contribution in [0.2, 0.25) is 0 Å². The van der Waals surface area contributed by atoms with Crippen molar-refractivity contribution in [2.24, 2.45) is 0 Å². The zero-order valence-electron chi connectivity index (χ0n) is 27.2. The number of aliphatic hydroxyl groups is 5. The van der Waals surface area contributed by atoms with Gasteiger partial charge in [0.15, 0.2) is 0 Å². The van der Waals surface area contributed by atoms with E-state index in [1.807, 2.05) is 0 Å². The fraction of sp³-hybridized carbons (Fsp3) is 0.914. The molecule has 1 saturated heterocycles. The summed E-state index contributed by atoms with van der Waals surface area (Å²) in [6, 6.07) is 0. The number of carbonyl (C=O) groups is 1. The molecule has 2 aliphatic heterocycles. The van der Waals surface area contributed by atoms with Gasteiger partial charge in [0.1, 0.15) is 6.10 Å². The fourth-order valence-electron chi connectivity index (χ4n) is 6.44. The van der Waals surface area contributed by atoms with Crippen molar-refractivity contribution in [2.45, 2.75) is 204 Å². The van der Waals surface area contributed by atoms with Crippen LogP contribution in [0.4, 0.5) is 0 Å². The highest BCUT2D eigenvalue weighted by atomic mass is 16.5. The summed E-state index contributed by atoms with van der Waals surface area (Å²) in [5.41, 5.74) is 0.559. The van der Waals surface area contributed by atoms with Gasteiger partial charge in [-0.3, -0.25) is 0 Å². The molecule has 43 heavy (non-hydrogen) atoms. The lowest BCUT2D eigenvalue weighted by Crippen LogP contribution is -2.31. The molecule has 8 heteroatoms. The summed E-state index contributed by atoms with van der Waals surface area (Å²) in [7, 11) is 0. The van der Waals surface area contributed by atoms with Crippen molar-refractivity contribution in [3.63, 3.8) is 0 Å². The minimum absolute atomic E-state index is 0.0786. The Morgan fingerprint density at radius 1 is 0.721 bits per heavy atom. The van der Waals surface area contributed by atoms with Gasteiger partial charge >= 0.3 is 5.97 Å². The second-order valence-electron chi connectivity index (χ2n) is 13.3. The van der Waals surface area contributed by atoms with E-state index in [2.05, 4.69) is 6.92 Å². The Morgan fingerprint density at radius 3 is 1.91 bits per heavy atom. The Labute approximate surface area is 261 Å². The third-order valence-corrected chi connectivity index (χ3v) is 9.18. The molecule has 252 valence electrons. The normalized spacial score (nSPS) is 24.0. The third kappa shape index (κ3) is 16.7. The van der Waals surface area contributed by atoms with Crippen molar-refractivity contribution in [3.8, 4) is 0 Å². The van der Waals surface area contributed by atoms with Crippen molar-refractivity contribution in [2.75, 3.05) is 0 Å². The van der Waals surface area contributed by atoms with Gasteiger partial charge in [0, 0.05) is 12.0 Å². The average Bonchev–Trinajstić information content (AvgIpc) is 3.56. The molecule has 0 amide bonds. The van der Waals surface area contributed by atoms with Crippen LogP contribution < -0.4 is 0 Å². The predicted octanol–water partition coefficient (Wildman–Crippen LogP) is 6.03. The van der Waals surface area contributed by atoms with E-state index in [9.17, 15) is 30.3 Å². The van der Waals surface area contributed by atoms with Crippen molar-refractivity contribution >= 4 is 5.97 Å². The van der Waals surface area contributed by atoms with Gasteiger partial charge in [-0.05, 0) is 64.4 Å². The SMILES string of the molecule is CCCCCCCCCCCC[C@H](O)[C@@H](O)CC[C@H](O)[C@@H]1CC[C@H](C[C@H](O)CCCCC[C@@H](O)CC2=C[C@H](C)OC2=O)O1. The van der Waals surface area contributed by atoms with Crippen LogP contribution >= 0.6 is 0 Å². The highest BCUT2D eigenvalue weighted by Gasteiger charge is 2.32. The first kappa shape index (κ1) is 38.2. The molecule has 0 saturated carbocycles. The molecule has 0 aliphatic carbocycles. The minimum Gasteiger partial charge on any atom is -0.455 e. The van der Waals surface area contributed by atoms with Gasteiger partial charge in [-0.15, -0.1) is 0 Å². The number of rotatable bonds is 26. The maximum Gasteiger partial charge on any atom is 0.334 e. The molecule has 0 aromatic rings. The number of esters is 1. The van der Waals surface area contributed by atoms with Gasteiger partial charge < -0.3 is 35.0 Å². The molecule has 0 unspecified atom stereocenters. The molecular weight excluding hydrogens is 548 g/mol. The predicted molar refractivity (Wildman–Crippen MR) is 170 cm³/mol. The second-order valence-corrected chi connectivity index (χ2v) is 13.3. The van der Waals surface area contributed by atoms with E-state index in [1.54, 1.807) is 13.0 Å².